The van der Waals surface area contributed by atoms with E-state index in [1.54, 1.807) is 18.0 Å². The van der Waals surface area contributed by atoms with Crippen LogP contribution in [0.25, 0.3) is 0 Å². The summed E-state index contributed by atoms with van der Waals surface area (Å²) >= 11 is 0. The number of nitriles is 1. The molecule has 1 atom stereocenters. The normalized spacial score (nSPS) is 16.2. The summed E-state index contributed by atoms with van der Waals surface area (Å²) in [4.78, 5) is 29.9. The minimum absolute atomic E-state index is 0.0352. The van der Waals surface area contributed by atoms with Crippen molar-refractivity contribution in [2.45, 2.75) is 12.3 Å². The molecule has 2 aromatic rings. The largest absolute Gasteiger partial charge is 0.351 e. The molecule has 0 spiro atoms. The summed E-state index contributed by atoms with van der Waals surface area (Å²) < 4.78 is 0. The molecule has 2 amide bonds. The number of benzene rings is 1. The summed E-state index contributed by atoms with van der Waals surface area (Å²) in [5.74, 6) is -0.288. The lowest BCUT2D eigenvalue weighted by molar-refractivity contribution is -0.119. The molecule has 0 radical (unpaired) electrons. The van der Waals surface area contributed by atoms with Crippen molar-refractivity contribution in [3.8, 4) is 6.07 Å². The maximum absolute atomic E-state index is 12.2. The summed E-state index contributed by atoms with van der Waals surface area (Å²) in [5.41, 5.74) is 2.59. The van der Waals surface area contributed by atoms with Gasteiger partial charge in [-0.25, -0.2) is 4.98 Å². The Morgan fingerprint density at radius 3 is 2.88 bits per heavy atom. The number of nitrogens with zero attached hydrogens (tertiary/aromatic N) is 3. The van der Waals surface area contributed by atoms with Gasteiger partial charge in [-0.1, -0.05) is 18.2 Å². The third kappa shape index (κ3) is 2.97. The number of hydrogen-bond donors (Lipinski definition) is 1. The zero-order valence-electron chi connectivity index (χ0n) is 13.2. The van der Waals surface area contributed by atoms with Crippen LogP contribution in [0.3, 0.4) is 0 Å². The van der Waals surface area contributed by atoms with Crippen LogP contribution in [0.2, 0.25) is 0 Å². The molecule has 1 unspecified atom stereocenters. The average Bonchev–Trinajstić information content (AvgIpc) is 2.63. The van der Waals surface area contributed by atoms with Gasteiger partial charge in [0.25, 0.3) is 5.91 Å². The van der Waals surface area contributed by atoms with Gasteiger partial charge in [-0.05, 0) is 23.8 Å². The van der Waals surface area contributed by atoms with E-state index >= 15 is 0 Å². The minimum Gasteiger partial charge on any atom is -0.351 e. The van der Waals surface area contributed by atoms with Gasteiger partial charge in [0.05, 0.1) is 5.56 Å². The van der Waals surface area contributed by atoms with E-state index in [4.69, 9.17) is 5.26 Å². The standard InChI is InChI=1S/C18H16N4O2/c1-22-16-5-3-2-4-15(16)13(8-17(22)23)11-21-18(24)12-6-7-14(9-19)20-10-12/h2-7,10,13H,8,11H2,1H3,(H,21,24). The monoisotopic (exact) mass is 320 g/mol. The van der Waals surface area contributed by atoms with Crippen molar-refractivity contribution in [2.75, 3.05) is 18.5 Å². The predicted molar refractivity (Wildman–Crippen MR) is 88.5 cm³/mol. The van der Waals surface area contributed by atoms with Crippen LogP contribution < -0.4 is 10.2 Å². The molecule has 1 aromatic heterocycles. The van der Waals surface area contributed by atoms with Crippen molar-refractivity contribution < 1.29 is 9.59 Å². The number of pyridine rings is 1. The number of carbonyl (C=O) groups is 2. The van der Waals surface area contributed by atoms with Crippen LogP contribution in [0, 0.1) is 11.3 Å². The van der Waals surface area contributed by atoms with Crippen molar-refractivity contribution in [1.29, 1.82) is 5.26 Å². The van der Waals surface area contributed by atoms with Gasteiger partial charge >= 0.3 is 0 Å². The van der Waals surface area contributed by atoms with Crippen LogP contribution >= 0.6 is 0 Å². The van der Waals surface area contributed by atoms with Gasteiger partial charge in [0.2, 0.25) is 5.91 Å². The number of nitrogens with one attached hydrogen (secondary N) is 1. The first kappa shape index (κ1) is 15.7. The van der Waals surface area contributed by atoms with Gasteiger partial charge in [0.1, 0.15) is 11.8 Å². The molecule has 24 heavy (non-hydrogen) atoms. The molecule has 0 saturated heterocycles. The first-order valence-electron chi connectivity index (χ1n) is 7.60. The Morgan fingerprint density at radius 1 is 1.38 bits per heavy atom. The average molecular weight is 320 g/mol. The molecule has 1 aliphatic heterocycles. The zero-order chi connectivity index (χ0) is 17.1. The van der Waals surface area contributed by atoms with Crippen LogP contribution in [0.1, 0.15) is 34.0 Å². The first-order valence-corrected chi connectivity index (χ1v) is 7.60. The van der Waals surface area contributed by atoms with E-state index in [-0.39, 0.29) is 23.4 Å². The summed E-state index contributed by atoms with van der Waals surface area (Å²) in [7, 11) is 1.76. The summed E-state index contributed by atoms with van der Waals surface area (Å²) in [6, 6.07) is 12.7. The lowest BCUT2D eigenvalue weighted by Gasteiger charge is -2.31. The first-order chi connectivity index (χ1) is 11.6. The van der Waals surface area contributed by atoms with Crippen molar-refractivity contribution >= 4 is 17.5 Å². The third-order valence-electron chi connectivity index (χ3n) is 4.18. The van der Waals surface area contributed by atoms with Gasteiger partial charge in [-0.3, -0.25) is 9.59 Å². The highest BCUT2D eigenvalue weighted by Crippen LogP contribution is 2.34. The fourth-order valence-electron chi connectivity index (χ4n) is 2.82. The van der Waals surface area contributed by atoms with Crippen molar-refractivity contribution in [1.82, 2.24) is 10.3 Å². The fourth-order valence-corrected chi connectivity index (χ4v) is 2.82. The highest BCUT2D eigenvalue weighted by atomic mass is 16.2. The third-order valence-corrected chi connectivity index (χ3v) is 4.18. The molecular weight excluding hydrogens is 304 g/mol. The number of carbonyl (C=O) groups excluding carboxylic acids is 2. The van der Waals surface area contributed by atoms with Crippen molar-refractivity contribution in [2.24, 2.45) is 0 Å². The molecule has 6 nitrogen and oxygen atoms in total. The smallest absolute Gasteiger partial charge is 0.252 e. The van der Waals surface area contributed by atoms with E-state index < -0.39 is 0 Å². The van der Waals surface area contributed by atoms with E-state index in [1.165, 1.54) is 12.3 Å². The fraction of sp³-hybridized carbons (Fsp3) is 0.222. The van der Waals surface area contributed by atoms with Gasteiger partial charge in [0.15, 0.2) is 0 Å². The predicted octanol–water partition coefficient (Wildman–Crippen LogP) is 1.83. The quantitative estimate of drug-likeness (QED) is 0.935. The molecule has 0 aliphatic carbocycles. The maximum atomic E-state index is 12.2. The SMILES string of the molecule is CN1C(=O)CC(CNC(=O)c2ccc(C#N)nc2)c2ccccc21. The highest BCUT2D eigenvalue weighted by molar-refractivity contribution is 5.97. The van der Waals surface area contributed by atoms with Gasteiger partial charge in [0, 0.05) is 37.8 Å². The topological polar surface area (TPSA) is 86.1 Å². The lowest BCUT2D eigenvalue weighted by Crippen LogP contribution is -2.37. The Morgan fingerprint density at radius 2 is 2.17 bits per heavy atom. The molecule has 0 saturated carbocycles. The van der Waals surface area contributed by atoms with Gasteiger partial charge in [-0.2, -0.15) is 5.26 Å². The molecule has 1 aromatic carbocycles. The number of fused-ring (bicyclic) bond motifs is 1. The number of amides is 2. The number of aromatic nitrogens is 1. The zero-order valence-corrected chi connectivity index (χ0v) is 13.2. The molecule has 3 rings (SSSR count). The molecule has 1 N–H and O–H groups in total. The Labute approximate surface area is 139 Å². The van der Waals surface area contributed by atoms with Gasteiger partial charge in [-0.15, -0.1) is 0 Å². The minimum atomic E-state index is -0.268. The van der Waals surface area contributed by atoms with Crippen LogP contribution in [0.5, 0.6) is 0 Å². The summed E-state index contributed by atoms with van der Waals surface area (Å²) in [6.45, 7) is 0.370. The van der Waals surface area contributed by atoms with Crippen molar-refractivity contribution in [3.63, 3.8) is 0 Å². The molecule has 0 fully saturated rings. The van der Waals surface area contributed by atoms with Crippen LogP contribution in [0.15, 0.2) is 42.6 Å². The van der Waals surface area contributed by atoms with Crippen LogP contribution in [0.4, 0.5) is 5.69 Å². The molecule has 0 bridgehead atoms. The lowest BCUT2D eigenvalue weighted by atomic mass is 9.89. The summed E-state index contributed by atoms with van der Waals surface area (Å²) in [5, 5.41) is 11.6. The Kier molecular flexibility index (Phi) is 4.25. The van der Waals surface area contributed by atoms with E-state index in [2.05, 4.69) is 10.3 Å². The molecule has 1 aliphatic rings. The van der Waals surface area contributed by atoms with Crippen LogP contribution in [-0.2, 0) is 4.79 Å². The van der Waals surface area contributed by atoms with E-state index in [0.29, 0.717) is 18.5 Å². The van der Waals surface area contributed by atoms with E-state index in [0.717, 1.165) is 11.3 Å². The second-order valence-corrected chi connectivity index (χ2v) is 5.67. The number of para-hydroxylation sites is 1. The molecule has 120 valence electrons. The Balaban J connectivity index is 1.72. The molecule has 6 heteroatoms. The van der Waals surface area contributed by atoms with Gasteiger partial charge < -0.3 is 10.2 Å². The molecule has 2 heterocycles. The highest BCUT2D eigenvalue weighted by Gasteiger charge is 2.29. The Hall–Kier alpha value is -3.20. The second kappa shape index (κ2) is 6.50. The van der Waals surface area contributed by atoms with E-state index in [1.807, 2.05) is 30.3 Å². The maximum Gasteiger partial charge on any atom is 0.252 e. The van der Waals surface area contributed by atoms with E-state index in [9.17, 15) is 9.59 Å². The number of rotatable bonds is 3. The number of anilines is 1. The second-order valence-electron chi connectivity index (χ2n) is 5.67. The number of hydrogen-bond acceptors (Lipinski definition) is 4. The Bertz CT molecular complexity index is 824. The van der Waals surface area contributed by atoms with Crippen LogP contribution in [-0.4, -0.2) is 30.4 Å². The summed E-state index contributed by atoms with van der Waals surface area (Å²) in [6.07, 6.45) is 1.74. The molecular formula is C18H16N4O2. The van der Waals surface area contributed by atoms with Crippen molar-refractivity contribution in [3.05, 3.63) is 59.4 Å².